The minimum atomic E-state index is -0.143. The molecule has 0 aliphatic rings. The van der Waals surface area contributed by atoms with E-state index in [1.165, 1.54) is 17.5 Å². The van der Waals surface area contributed by atoms with E-state index in [1.54, 1.807) is 18.3 Å². The van der Waals surface area contributed by atoms with E-state index in [-0.39, 0.29) is 5.91 Å². The molecule has 2 aromatic rings. The summed E-state index contributed by atoms with van der Waals surface area (Å²) in [5.74, 6) is -0.143. The van der Waals surface area contributed by atoms with Crippen LogP contribution in [0, 0.1) is 6.92 Å². The van der Waals surface area contributed by atoms with E-state index in [1.807, 2.05) is 13.0 Å². The second kappa shape index (κ2) is 4.32. The first kappa shape index (κ1) is 10.6. The average Bonchev–Trinajstić information content (AvgIpc) is 2.68. The summed E-state index contributed by atoms with van der Waals surface area (Å²) in [6.45, 7) is 1.96. The van der Waals surface area contributed by atoms with Gasteiger partial charge in [-0.25, -0.2) is 0 Å². The number of pyridine rings is 1. The fourth-order valence-corrected chi connectivity index (χ4v) is 2.02. The summed E-state index contributed by atoms with van der Waals surface area (Å²) in [5.41, 5.74) is 6.73. The van der Waals surface area contributed by atoms with Crippen molar-refractivity contribution in [3.05, 3.63) is 40.3 Å². The SMILES string of the molecule is Cc1ccc(C(=O)Nc2ccncc2N)s1. The highest BCUT2D eigenvalue weighted by atomic mass is 32.1. The number of anilines is 2. The normalized spacial score (nSPS) is 10.1. The number of nitrogens with zero attached hydrogens (tertiary/aromatic N) is 1. The summed E-state index contributed by atoms with van der Waals surface area (Å²) < 4.78 is 0. The van der Waals surface area contributed by atoms with Crippen molar-refractivity contribution >= 4 is 28.6 Å². The van der Waals surface area contributed by atoms with E-state index in [9.17, 15) is 4.79 Å². The minimum absolute atomic E-state index is 0.143. The molecule has 4 nitrogen and oxygen atoms in total. The van der Waals surface area contributed by atoms with Gasteiger partial charge in [0.05, 0.1) is 22.4 Å². The maximum absolute atomic E-state index is 11.8. The largest absolute Gasteiger partial charge is 0.396 e. The third-order valence-electron chi connectivity index (χ3n) is 2.06. The van der Waals surface area contributed by atoms with Gasteiger partial charge in [-0.05, 0) is 25.1 Å². The molecule has 0 fully saturated rings. The molecule has 2 heterocycles. The summed E-state index contributed by atoms with van der Waals surface area (Å²) in [4.78, 5) is 17.4. The molecular formula is C11H11N3OS. The van der Waals surface area contributed by atoms with E-state index < -0.39 is 0 Å². The highest BCUT2D eigenvalue weighted by molar-refractivity contribution is 7.14. The van der Waals surface area contributed by atoms with E-state index >= 15 is 0 Å². The molecule has 0 aromatic carbocycles. The van der Waals surface area contributed by atoms with Crippen LogP contribution in [0.5, 0.6) is 0 Å². The molecule has 1 amide bonds. The second-order valence-electron chi connectivity index (χ2n) is 3.33. The minimum Gasteiger partial charge on any atom is -0.396 e. The van der Waals surface area contributed by atoms with Crippen molar-refractivity contribution in [2.75, 3.05) is 11.1 Å². The molecule has 2 aromatic heterocycles. The first-order valence-electron chi connectivity index (χ1n) is 4.74. The fourth-order valence-electron chi connectivity index (χ4n) is 1.26. The van der Waals surface area contributed by atoms with E-state index in [2.05, 4.69) is 10.3 Å². The monoisotopic (exact) mass is 233 g/mol. The van der Waals surface area contributed by atoms with E-state index in [0.717, 1.165) is 4.88 Å². The van der Waals surface area contributed by atoms with Crippen molar-refractivity contribution in [3.8, 4) is 0 Å². The van der Waals surface area contributed by atoms with Crippen molar-refractivity contribution in [2.24, 2.45) is 0 Å². The first-order chi connectivity index (χ1) is 7.66. The average molecular weight is 233 g/mol. The molecule has 0 saturated heterocycles. The molecule has 0 aliphatic heterocycles. The Morgan fingerprint density at radius 2 is 2.25 bits per heavy atom. The van der Waals surface area contributed by atoms with Crippen molar-refractivity contribution in [2.45, 2.75) is 6.92 Å². The summed E-state index contributed by atoms with van der Waals surface area (Å²) in [7, 11) is 0. The molecule has 16 heavy (non-hydrogen) atoms. The van der Waals surface area contributed by atoms with Gasteiger partial charge in [0.25, 0.3) is 5.91 Å². The lowest BCUT2D eigenvalue weighted by atomic mass is 10.3. The zero-order valence-corrected chi connectivity index (χ0v) is 9.54. The Bertz CT molecular complexity index is 521. The predicted molar refractivity (Wildman–Crippen MR) is 65.7 cm³/mol. The molecule has 0 radical (unpaired) electrons. The van der Waals surface area contributed by atoms with Crippen LogP contribution in [0.2, 0.25) is 0 Å². The number of nitrogens with one attached hydrogen (secondary N) is 1. The van der Waals surface area contributed by atoms with Crippen LogP contribution in [-0.2, 0) is 0 Å². The number of aryl methyl sites for hydroxylation is 1. The zero-order chi connectivity index (χ0) is 11.5. The number of carbonyl (C=O) groups excluding carboxylic acids is 1. The molecule has 5 heteroatoms. The van der Waals surface area contributed by atoms with Crippen LogP contribution in [-0.4, -0.2) is 10.9 Å². The number of hydrogen-bond acceptors (Lipinski definition) is 4. The van der Waals surface area contributed by atoms with Crippen LogP contribution in [0.15, 0.2) is 30.6 Å². The van der Waals surface area contributed by atoms with Crippen LogP contribution in [0.3, 0.4) is 0 Å². The molecule has 2 rings (SSSR count). The lowest BCUT2D eigenvalue weighted by Crippen LogP contribution is -2.11. The molecule has 0 aliphatic carbocycles. The molecule has 0 unspecified atom stereocenters. The quantitative estimate of drug-likeness (QED) is 0.836. The number of carbonyl (C=O) groups is 1. The molecule has 82 valence electrons. The number of thiophene rings is 1. The predicted octanol–water partition coefficient (Wildman–Crippen LogP) is 2.29. The van der Waals surface area contributed by atoms with Gasteiger partial charge in [-0.2, -0.15) is 0 Å². The van der Waals surface area contributed by atoms with Gasteiger partial charge in [-0.15, -0.1) is 11.3 Å². The first-order valence-corrected chi connectivity index (χ1v) is 5.56. The smallest absolute Gasteiger partial charge is 0.265 e. The lowest BCUT2D eigenvalue weighted by Gasteiger charge is -2.05. The Morgan fingerprint density at radius 1 is 1.44 bits per heavy atom. The fraction of sp³-hybridized carbons (Fsp3) is 0.0909. The molecular weight excluding hydrogens is 222 g/mol. The van der Waals surface area contributed by atoms with Crippen LogP contribution in [0.4, 0.5) is 11.4 Å². The van der Waals surface area contributed by atoms with Crippen molar-refractivity contribution in [1.29, 1.82) is 0 Å². The van der Waals surface area contributed by atoms with Gasteiger partial charge < -0.3 is 11.1 Å². The summed E-state index contributed by atoms with van der Waals surface area (Å²) in [6, 6.07) is 5.38. The summed E-state index contributed by atoms with van der Waals surface area (Å²) >= 11 is 1.45. The van der Waals surface area contributed by atoms with Crippen LogP contribution < -0.4 is 11.1 Å². The molecule has 0 atom stereocenters. The number of rotatable bonds is 2. The van der Waals surface area contributed by atoms with Gasteiger partial charge in [0, 0.05) is 11.1 Å². The third-order valence-corrected chi connectivity index (χ3v) is 3.06. The summed E-state index contributed by atoms with van der Waals surface area (Å²) in [5, 5.41) is 2.75. The standard InChI is InChI=1S/C11H11N3OS/c1-7-2-3-10(16-7)11(15)14-9-4-5-13-6-8(9)12/h2-6H,12H2,1H3,(H,13,14,15). The van der Waals surface area contributed by atoms with Crippen LogP contribution in [0.25, 0.3) is 0 Å². The van der Waals surface area contributed by atoms with Gasteiger partial charge in [0.15, 0.2) is 0 Å². The number of nitrogens with two attached hydrogens (primary N) is 1. The highest BCUT2D eigenvalue weighted by Gasteiger charge is 2.09. The van der Waals surface area contributed by atoms with Crippen molar-refractivity contribution < 1.29 is 4.79 Å². The third kappa shape index (κ3) is 2.20. The van der Waals surface area contributed by atoms with Gasteiger partial charge in [0.1, 0.15) is 0 Å². The van der Waals surface area contributed by atoms with Gasteiger partial charge >= 0.3 is 0 Å². The topological polar surface area (TPSA) is 68.0 Å². The second-order valence-corrected chi connectivity index (χ2v) is 4.62. The van der Waals surface area contributed by atoms with Gasteiger partial charge in [0.2, 0.25) is 0 Å². The van der Waals surface area contributed by atoms with E-state index in [0.29, 0.717) is 16.3 Å². The number of hydrogen-bond donors (Lipinski definition) is 2. The Balaban J connectivity index is 2.17. The lowest BCUT2D eigenvalue weighted by molar-refractivity contribution is 0.103. The zero-order valence-electron chi connectivity index (χ0n) is 8.73. The molecule has 0 bridgehead atoms. The molecule has 0 spiro atoms. The Labute approximate surface area is 97.1 Å². The highest BCUT2D eigenvalue weighted by Crippen LogP contribution is 2.19. The summed E-state index contributed by atoms with van der Waals surface area (Å²) in [6.07, 6.45) is 3.10. The van der Waals surface area contributed by atoms with Crippen molar-refractivity contribution in [1.82, 2.24) is 4.98 Å². The maximum Gasteiger partial charge on any atom is 0.265 e. The van der Waals surface area contributed by atoms with Gasteiger partial charge in [-0.1, -0.05) is 0 Å². The van der Waals surface area contributed by atoms with Crippen molar-refractivity contribution in [3.63, 3.8) is 0 Å². The Morgan fingerprint density at radius 3 is 2.88 bits per heavy atom. The van der Waals surface area contributed by atoms with Gasteiger partial charge in [-0.3, -0.25) is 9.78 Å². The van der Waals surface area contributed by atoms with Crippen LogP contribution >= 0.6 is 11.3 Å². The van der Waals surface area contributed by atoms with Crippen LogP contribution in [0.1, 0.15) is 14.5 Å². The van der Waals surface area contributed by atoms with E-state index in [4.69, 9.17) is 5.73 Å². The number of aromatic nitrogens is 1. The maximum atomic E-state index is 11.8. The Hall–Kier alpha value is -1.88. The Kier molecular flexibility index (Phi) is 2.87. The molecule has 0 saturated carbocycles. The molecule has 3 N–H and O–H groups in total. The number of amides is 1. The number of nitrogen functional groups attached to an aromatic ring is 1.